The fraction of sp³-hybridized carbons (Fsp3) is 0.571. The normalized spacial score (nSPS) is 17.0. The van der Waals surface area contributed by atoms with Crippen molar-refractivity contribution in [2.75, 3.05) is 45.6 Å². The Morgan fingerprint density at radius 1 is 1.24 bits per heavy atom. The summed E-state index contributed by atoms with van der Waals surface area (Å²) in [5, 5.41) is 0. The van der Waals surface area contributed by atoms with Crippen LogP contribution in [-0.2, 0) is 14.8 Å². The van der Waals surface area contributed by atoms with Crippen molar-refractivity contribution >= 4 is 21.8 Å². The van der Waals surface area contributed by atoms with E-state index in [1.54, 1.807) is 23.9 Å². The smallest absolute Gasteiger partial charge is 0.240 e. The van der Waals surface area contributed by atoms with Gasteiger partial charge in [0.2, 0.25) is 10.0 Å². The molecule has 0 radical (unpaired) electrons. The van der Waals surface area contributed by atoms with Gasteiger partial charge in [0.15, 0.2) is 0 Å². The second-order valence-electron chi connectivity index (χ2n) is 4.88. The maximum atomic E-state index is 12.1. The number of sulfonamides is 1. The Kier molecular flexibility index (Phi) is 6.50. The predicted molar refractivity (Wildman–Crippen MR) is 85.3 cm³/mol. The molecule has 1 aromatic carbocycles. The number of benzene rings is 1. The highest BCUT2D eigenvalue weighted by Crippen LogP contribution is 2.17. The summed E-state index contributed by atoms with van der Waals surface area (Å²) in [7, 11) is -3.39. The first-order valence-electron chi connectivity index (χ1n) is 7.05. The lowest BCUT2D eigenvalue weighted by Gasteiger charge is -2.26. The molecule has 0 amide bonds. The molecule has 1 heterocycles. The van der Waals surface area contributed by atoms with Crippen LogP contribution in [0.1, 0.15) is 6.42 Å². The third kappa shape index (κ3) is 5.27. The van der Waals surface area contributed by atoms with Gasteiger partial charge in [-0.05, 0) is 43.5 Å². The number of hydrogen-bond donors (Lipinski definition) is 1. The highest BCUT2D eigenvalue weighted by Gasteiger charge is 2.14. The van der Waals surface area contributed by atoms with Crippen molar-refractivity contribution in [1.29, 1.82) is 0 Å². The summed E-state index contributed by atoms with van der Waals surface area (Å²) in [4.78, 5) is 3.68. The second-order valence-corrected chi connectivity index (χ2v) is 7.53. The predicted octanol–water partition coefficient (Wildman–Crippen LogP) is 1.41. The molecule has 0 bridgehead atoms. The van der Waals surface area contributed by atoms with Crippen molar-refractivity contribution in [1.82, 2.24) is 9.62 Å². The van der Waals surface area contributed by atoms with E-state index < -0.39 is 10.0 Å². The van der Waals surface area contributed by atoms with Gasteiger partial charge in [0.1, 0.15) is 0 Å². The van der Waals surface area contributed by atoms with E-state index in [0.29, 0.717) is 11.4 Å². The van der Waals surface area contributed by atoms with Crippen molar-refractivity contribution in [3.05, 3.63) is 24.3 Å². The molecule has 0 aliphatic carbocycles. The van der Waals surface area contributed by atoms with Crippen molar-refractivity contribution in [3.8, 4) is 0 Å². The van der Waals surface area contributed by atoms with Gasteiger partial charge in [0, 0.05) is 24.5 Å². The average Bonchev–Trinajstić information content (AvgIpc) is 2.53. The molecular weight excluding hydrogens is 308 g/mol. The molecule has 5 nitrogen and oxygen atoms in total. The molecular formula is C14H22N2O3S2. The van der Waals surface area contributed by atoms with E-state index in [0.717, 1.165) is 44.2 Å². The Morgan fingerprint density at radius 2 is 1.90 bits per heavy atom. The van der Waals surface area contributed by atoms with Crippen LogP contribution in [0.2, 0.25) is 0 Å². The van der Waals surface area contributed by atoms with E-state index >= 15 is 0 Å². The van der Waals surface area contributed by atoms with Gasteiger partial charge in [-0.1, -0.05) is 0 Å². The molecule has 0 saturated carbocycles. The fourth-order valence-electron chi connectivity index (χ4n) is 2.17. The molecule has 2 rings (SSSR count). The van der Waals surface area contributed by atoms with Crippen molar-refractivity contribution < 1.29 is 13.2 Å². The van der Waals surface area contributed by atoms with Crippen LogP contribution in [0, 0.1) is 0 Å². The van der Waals surface area contributed by atoms with Gasteiger partial charge in [0.25, 0.3) is 0 Å². The minimum absolute atomic E-state index is 0.326. The van der Waals surface area contributed by atoms with Gasteiger partial charge in [-0.15, -0.1) is 11.8 Å². The van der Waals surface area contributed by atoms with Gasteiger partial charge in [-0.3, -0.25) is 4.90 Å². The Bertz CT molecular complexity index is 526. The average molecular weight is 330 g/mol. The molecule has 0 aromatic heterocycles. The number of morpholine rings is 1. The molecule has 1 saturated heterocycles. The highest BCUT2D eigenvalue weighted by molar-refractivity contribution is 7.98. The largest absolute Gasteiger partial charge is 0.379 e. The zero-order valence-electron chi connectivity index (χ0n) is 12.2. The Hall–Kier alpha value is -0.600. The summed E-state index contributed by atoms with van der Waals surface area (Å²) in [6, 6.07) is 6.95. The van der Waals surface area contributed by atoms with Gasteiger partial charge >= 0.3 is 0 Å². The van der Waals surface area contributed by atoms with E-state index in [9.17, 15) is 8.42 Å². The summed E-state index contributed by atoms with van der Waals surface area (Å²) in [6.07, 6.45) is 2.77. The highest BCUT2D eigenvalue weighted by atomic mass is 32.2. The maximum absolute atomic E-state index is 12.1. The molecule has 118 valence electrons. The number of hydrogen-bond acceptors (Lipinski definition) is 5. The second kappa shape index (κ2) is 8.14. The quantitative estimate of drug-likeness (QED) is 0.605. The summed E-state index contributed by atoms with van der Waals surface area (Å²) in [5.41, 5.74) is 0. The topological polar surface area (TPSA) is 58.6 Å². The van der Waals surface area contributed by atoms with E-state index in [1.807, 2.05) is 18.4 Å². The minimum atomic E-state index is -3.39. The molecule has 1 aromatic rings. The zero-order valence-corrected chi connectivity index (χ0v) is 13.9. The molecule has 1 aliphatic rings. The van der Waals surface area contributed by atoms with Gasteiger partial charge < -0.3 is 4.74 Å². The zero-order chi connectivity index (χ0) is 15.1. The van der Waals surface area contributed by atoms with Crippen LogP contribution >= 0.6 is 11.8 Å². The molecule has 0 unspecified atom stereocenters. The summed E-state index contributed by atoms with van der Waals surface area (Å²) in [6.45, 7) is 4.77. The SMILES string of the molecule is CSc1ccc(S(=O)(=O)NCCCN2CCOCC2)cc1. The molecule has 1 N–H and O–H groups in total. The third-order valence-electron chi connectivity index (χ3n) is 3.42. The molecule has 21 heavy (non-hydrogen) atoms. The minimum Gasteiger partial charge on any atom is -0.379 e. The molecule has 0 spiro atoms. The van der Waals surface area contributed by atoms with Crippen molar-refractivity contribution in [3.63, 3.8) is 0 Å². The van der Waals surface area contributed by atoms with Crippen LogP contribution in [0.15, 0.2) is 34.1 Å². The van der Waals surface area contributed by atoms with Gasteiger partial charge in [-0.2, -0.15) is 0 Å². The van der Waals surface area contributed by atoms with Crippen LogP contribution in [-0.4, -0.2) is 59.0 Å². The van der Waals surface area contributed by atoms with E-state index in [2.05, 4.69) is 9.62 Å². The first-order valence-corrected chi connectivity index (χ1v) is 9.76. The van der Waals surface area contributed by atoms with Crippen LogP contribution in [0.5, 0.6) is 0 Å². The number of nitrogens with one attached hydrogen (secondary N) is 1. The Labute approximate surface area is 131 Å². The van der Waals surface area contributed by atoms with Crippen LogP contribution in [0.4, 0.5) is 0 Å². The molecule has 7 heteroatoms. The lowest BCUT2D eigenvalue weighted by atomic mass is 10.3. The van der Waals surface area contributed by atoms with E-state index in [1.165, 1.54) is 0 Å². The van der Waals surface area contributed by atoms with E-state index in [4.69, 9.17) is 4.74 Å². The molecule has 1 fully saturated rings. The molecule has 0 atom stereocenters. The number of nitrogens with zero attached hydrogens (tertiary/aromatic N) is 1. The first-order chi connectivity index (χ1) is 10.1. The van der Waals surface area contributed by atoms with Crippen LogP contribution in [0.3, 0.4) is 0 Å². The standard InChI is InChI=1S/C14H22N2O3S2/c1-20-13-3-5-14(6-4-13)21(17,18)15-7-2-8-16-9-11-19-12-10-16/h3-6,15H,2,7-12H2,1H3. The van der Waals surface area contributed by atoms with Gasteiger partial charge in [0.05, 0.1) is 18.1 Å². The number of thioether (sulfide) groups is 1. The Morgan fingerprint density at radius 3 is 2.52 bits per heavy atom. The summed E-state index contributed by atoms with van der Waals surface area (Å²) in [5.74, 6) is 0. The summed E-state index contributed by atoms with van der Waals surface area (Å²) < 4.78 is 32.2. The molecule has 1 aliphatic heterocycles. The Balaban J connectivity index is 1.77. The monoisotopic (exact) mass is 330 g/mol. The lowest BCUT2D eigenvalue weighted by Crippen LogP contribution is -2.38. The third-order valence-corrected chi connectivity index (χ3v) is 5.64. The lowest BCUT2D eigenvalue weighted by molar-refractivity contribution is 0.0376. The summed E-state index contributed by atoms with van der Waals surface area (Å²) >= 11 is 1.59. The van der Waals surface area contributed by atoms with Crippen LogP contribution in [0.25, 0.3) is 0 Å². The van der Waals surface area contributed by atoms with Gasteiger partial charge in [-0.25, -0.2) is 13.1 Å². The number of ether oxygens (including phenoxy) is 1. The first kappa shape index (κ1) is 16.8. The van der Waals surface area contributed by atoms with Crippen LogP contribution < -0.4 is 4.72 Å². The van der Waals surface area contributed by atoms with Crippen molar-refractivity contribution in [2.45, 2.75) is 16.2 Å². The fourth-order valence-corrected chi connectivity index (χ4v) is 3.65. The van der Waals surface area contributed by atoms with Crippen molar-refractivity contribution in [2.24, 2.45) is 0 Å². The van der Waals surface area contributed by atoms with E-state index in [-0.39, 0.29) is 0 Å². The number of rotatable bonds is 7. The maximum Gasteiger partial charge on any atom is 0.240 e.